The highest BCUT2D eigenvalue weighted by Gasteiger charge is 2.12. The van der Waals surface area contributed by atoms with E-state index >= 15 is 0 Å². The van der Waals surface area contributed by atoms with Gasteiger partial charge in [0.1, 0.15) is 5.82 Å². The van der Waals surface area contributed by atoms with Gasteiger partial charge in [0.15, 0.2) is 0 Å². The molecule has 0 aromatic carbocycles. The Kier molecular flexibility index (Phi) is 2.57. The fourth-order valence-corrected chi connectivity index (χ4v) is 1.65. The number of hydrogen-bond donors (Lipinski definition) is 1. The van der Waals surface area contributed by atoms with E-state index in [1.54, 1.807) is 7.05 Å². The van der Waals surface area contributed by atoms with E-state index in [9.17, 15) is 9.18 Å². The van der Waals surface area contributed by atoms with Crippen LogP contribution >= 0.6 is 10.9 Å². The topological polar surface area (TPSA) is 22.0 Å². The molecule has 0 fully saturated rings. The van der Waals surface area contributed by atoms with Gasteiger partial charge in [0, 0.05) is 19.3 Å². The zero-order chi connectivity index (χ0) is 9.30. The number of hydrogen-bond acceptors (Lipinski definition) is 1. The second kappa shape index (κ2) is 3.31. The molecule has 0 radical (unpaired) electrons. The minimum Gasteiger partial charge on any atom is -0.345 e. The van der Waals surface area contributed by atoms with Crippen molar-refractivity contribution in [1.82, 2.24) is 4.57 Å². The first kappa shape index (κ1) is 9.32. The van der Waals surface area contributed by atoms with Gasteiger partial charge < -0.3 is 4.57 Å². The number of halogens is 1. The molecule has 0 aliphatic heterocycles. The molecule has 0 saturated carbocycles. The molecule has 1 aromatic rings. The third-order valence-corrected chi connectivity index (χ3v) is 2.64. The Balaban J connectivity index is 3.02. The summed E-state index contributed by atoms with van der Waals surface area (Å²) in [6.07, 6.45) is 5.04. The van der Waals surface area contributed by atoms with Crippen LogP contribution < -0.4 is 0 Å². The van der Waals surface area contributed by atoms with E-state index in [2.05, 4.69) is 0 Å². The quantitative estimate of drug-likeness (QED) is 0.665. The van der Waals surface area contributed by atoms with Crippen molar-refractivity contribution in [1.29, 1.82) is 0 Å². The summed E-state index contributed by atoms with van der Waals surface area (Å²) >= 11 is 0. The predicted octanol–water partition coefficient (Wildman–Crippen LogP) is 1.57. The summed E-state index contributed by atoms with van der Waals surface area (Å²) in [5, 5.41) is 0.0383. The average molecular weight is 189 g/mol. The van der Waals surface area contributed by atoms with Gasteiger partial charge in [0.25, 0.3) is 0 Å². The smallest absolute Gasteiger partial charge is 0.215 e. The van der Waals surface area contributed by atoms with Crippen molar-refractivity contribution < 1.29 is 9.18 Å². The summed E-state index contributed by atoms with van der Waals surface area (Å²) in [6.45, 7) is 0. The van der Waals surface area contributed by atoms with Crippen molar-refractivity contribution in [3.63, 3.8) is 0 Å². The van der Waals surface area contributed by atoms with E-state index in [0.29, 0.717) is 5.69 Å². The maximum absolute atomic E-state index is 12.6. The molecule has 1 rings (SSSR count). The predicted molar refractivity (Wildman–Crippen MR) is 50.5 cm³/mol. The van der Waals surface area contributed by atoms with Crippen LogP contribution in [-0.2, 0) is 7.05 Å². The number of rotatable bonds is 1. The Bertz CT molecular complexity index is 306. The molecule has 0 N–H and O–H groups in total. The third kappa shape index (κ3) is 1.69. The summed E-state index contributed by atoms with van der Waals surface area (Å²) in [6, 6.07) is 1.28. The van der Waals surface area contributed by atoms with Crippen LogP contribution in [0.5, 0.6) is 0 Å². The first-order valence-corrected chi connectivity index (χ1v) is 5.79. The fraction of sp³-hybridized carbons (Fsp3) is 0.375. The van der Waals surface area contributed by atoms with Gasteiger partial charge in [-0.2, -0.15) is 10.9 Å². The Hall–Kier alpha value is -0.770. The maximum atomic E-state index is 12.6. The number of nitrogens with zero attached hydrogens (tertiary/aromatic N) is 1. The van der Waals surface area contributed by atoms with E-state index in [0.717, 1.165) is 0 Å². The molecule has 68 valence electrons. The van der Waals surface area contributed by atoms with Gasteiger partial charge in [-0.25, -0.2) is 4.39 Å². The zero-order valence-corrected chi connectivity index (χ0v) is 8.23. The lowest BCUT2D eigenvalue weighted by Gasteiger charge is -2.07. The van der Waals surface area contributed by atoms with E-state index in [4.69, 9.17) is 0 Å². The van der Waals surface area contributed by atoms with Crippen molar-refractivity contribution in [2.45, 2.75) is 0 Å². The van der Waals surface area contributed by atoms with Gasteiger partial charge in [-0.05, 0) is 12.5 Å². The molecular weight excluding hydrogens is 177 g/mol. The van der Waals surface area contributed by atoms with Crippen LogP contribution in [0, 0.1) is 5.82 Å². The van der Waals surface area contributed by atoms with Crippen molar-refractivity contribution in [2.75, 3.05) is 12.5 Å². The molecule has 0 bridgehead atoms. The highest BCUT2D eigenvalue weighted by atomic mass is 32.2. The van der Waals surface area contributed by atoms with Crippen molar-refractivity contribution in [3.8, 4) is 0 Å². The minimum atomic E-state index is -0.667. The molecule has 0 aliphatic carbocycles. The van der Waals surface area contributed by atoms with E-state index in [-0.39, 0.29) is 10.9 Å². The van der Waals surface area contributed by atoms with Crippen molar-refractivity contribution in [3.05, 3.63) is 23.8 Å². The Morgan fingerprint density at radius 3 is 2.50 bits per heavy atom. The third-order valence-electron chi connectivity index (χ3n) is 1.60. The second-order valence-corrected chi connectivity index (χ2v) is 5.05. The Morgan fingerprint density at radius 1 is 1.58 bits per heavy atom. The molecule has 0 aliphatic rings. The first-order valence-electron chi connectivity index (χ1n) is 3.56. The van der Waals surface area contributed by atoms with Gasteiger partial charge >= 0.3 is 0 Å². The lowest BCUT2D eigenvalue weighted by molar-refractivity contribution is 0.108. The summed E-state index contributed by atoms with van der Waals surface area (Å²) in [5.74, 6) is -0.349. The van der Waals surface area contributed by atoms with E-state index in [1.165, 1.54) is 16.8 Å². The van der Waals surface area contributed by atoms with Gasteiger partial charge in [-0.3, -0.25) is 4.79 Å². The molecular formula is C8H12FNOS. The summed E-state index contributed by atoms with van der Waals surface area (Å²) in [5.41, 5.74) is 0.462. The number of aryl methyl sites for hydroxylation is 1. The molecule has 0 atom stereocenters. The molecule has 0 amide bonds. The molecule has 0 saturated heterocycles. The van der Waals surface area contributed by atoms with Crippen LogP contribution in [-0.4, -0.2) is 22.2 Å². The van der Waals surface area contributed by atoms with Crippen LogP contribution in [0.3, 0.4) is 0 Å². The highest BCUT2D eigenvalue weighted by molar-refractivity contribution is 8.29. The van der Waals surface area contributed by atoms with Crippen LogP contribution in [0.1, 0.15) is 10.5 Å². The summed E-state index contributed by atoms with van der Waals surface area (Å²) in [7, 11) is 1.01. The largest absolute Gasteiger partial charge is 0.345 e. The first-order chi connectivity index (χ1) is 5.52. The molecule has 0 unspecified atom stereocenters. The van der Waals surface area contributed by atoms with Gasteiger partial charge in [-0.15, -0.1) is 0 Å². The molecule has 0 spiro atoms. The normalized spacial score (nSPS) is 11.5. The summed E-state index contributed by atoms with van der Waals surface area (Å²) in [4.78, 5) is 11.4. The van der Waals surface area contributed by atoms with Crippen LogP contribution in [0.2, 0.25) is 0 Å². The van der Waals surface area contributed by atoms with Crippen LogP contribution in [0.15, 0.2) is 12.3 Å². The van der Waals surface area contributed by atoms with Crippen molar-refractivity contribution in [2.24, 2.45) is 7.05 Å². The standard InChI is InChI=1S/C8H12FNOS/c1-10-5-6(9)4-7(10)8(11)12(2)3/h4-5,12H,1-3H3. The molecule has 1 heterocycles. The molecule has 2 nitrogen and oxygen atoms in total. The number of carbonyl (C=O) groups is 1. The van der Waals surface area contributed by atoms with E-state index in [1.807, 2.05) is 12.5 Å². The van der Waals surface area contributed by atoms with Crippen LogP contribution in [0.25, 0.3) is 0 Å². The SMILES string of the molecule is Cn1cc(F)cc1C(=O)[SH](C)C. The maximum Gasteiger partial charge on any atom is 0.215 e. The van der Waals surface area contributed by atoms with Crippen molar-refractivity contribution >= 4 is 16.0 Å². The lowest BCUT2D eigenvalue weighted by atomic mass is 10.5. The molecule has 1 aromatic heterocycles. The summed E-state index contributed by atoms with van der Waals surface area (Å²) < 4.78 is 14.2. The van der Waals surface area contributed by atoms with Gasteiger partial charge in [0.2, 0.25) is 5.12 Å². The van der Waals surface area contributed by atoms with E-state index < -0.39 is 10.9 Å². The second-order valence-electron chi connectivity index (χ2n) is 2.85. The van der Waals surface area contributed by atoms with Crippen LogP contribution in [0.4, 0.5) is 4.39 Å². The minimum absolute atomic E-state index is 0.0383. The van der Waals surface area contributed by atoms with Gasteiger partial charge in [0.05, 0.1) is 5.69 Å². The molecule has 4 heteroatoms. The number of carbonyl (C=O) groups excluding carboxylic acids is 1. The lowest BCUT2D eigenvalue weighted by Crippen LogP contribution is -2.04. The highest BCUT2D eigenvalue weighted by Crippen LogP contribution is 2.21. The monoisotopic (exact) mass is 189 g/mol. The average Bonchev–Trinajstić information content (AvgIpc) is 2.28. The fourth-order valence-electron chi connectivity index (χ4n) is 0.966. The van der Waals surface area contributed by atoms with Gasteiger partial charge in [-0.1, -0.05) is 0 Å². The number of aromatic nitrogens is 1. The zero-order valence-electron chi connectivity index (χ0n) is 7.34. The Morgan fingerprint density at radius 2 is 2.17 bits per heavy atom. The Labute approximate surface area is 73.7 Å². The number of thiol groups is 1. The molecule has 12 heavy (non-hydrogen) atoms.